The molecule has 0 radical (unpaired) electrons. The fourth-order valence-corrected chi connectivity index (χ4v) is 4.62. The summed E-state index contributed by atoms with van der Waals surface area (Å²) < 4.78 is 11.4. The molecule has 0 saturated carbocycles. The van der Waals surface area contributed by atoms with Gasteiger partial charge in [0.25, 0.3) is 5.91 Å². The Kier molecular flexibility index (Phi) is 7.33. The first-order chi connectivity index (χ1) is 15.5. The lowest BCUT2D eigenvalue weighted by Crippen LogP contribution is -2.34. The molecule has 174 valence electrons. The van der Waals surface area contributed by atoms with Gasteiger partial charge in [-0.25, -0.2) is 0 Å². The summed E-state index contributed by atoms with van der Waals surface area (Å²) in [6, 6.07) is 6.52. The van der Waals surface area contributed by atoms with Gasteiger partial charge < -0.3 is 19.1 Å². The number of amides is 1. The summed E-state index contributed by atoms with van der Waals surface area (Å²) in [4.78, 5) is 21.3. The van der Waals surface area contributed by atoms with E-state index in [1.807, 2.05) is 30.0 Å². The third-order valence-electron chi connectivity index (χ3n) is 6.68. The number of piperidine rings is 1. The fraction of sp³-hybridized carbons (Fsp3) is 0.640. The minimum Gasteiger partial charge on any atom is -0.494 e. The number of ether oxygens (including phenoxy) is 1. The van der Waals surface area contributed by atoms with Crippen LogP contribution in [0.4, 0.5) is 6.01 Å². The summed E-state index contributed by atoms with van der Waals surface area (Å²) in [6.45, 7) is 10.6. The van der Waals surface area contributed by atoms with E-state index >= 15 is 0 Å². The van der Waals surface area contributed by atoms with Crippen molar-refractivity contribution in [2.45, 2.75) is 65.2 Å². The third-order valence-corrected chi connectivity index (χ3v) is 6.68. The average Bonchev–Trinajstić information content (AvgIpc) is 3.49. The molecule has 1 aromatic heterocycles. The molecule has 3 heterocycles. The molecule has 0 spiro atoms. The molecule has 0 atom stereocenters. The van der Waals surface area contributed by atoms with Gasteiger partial charge in [-0.2, -0.15) is 4.98 Å². The lowest BCUT2D eigenvalue weighted by Gasteiger charge is -2.30. The van der Waals surface area contributed by atoms with Gasteiger partial charge >= 0.3 is 6.01 Å². The number of hydrogen-bond acceptors (Lipinski definition) is 6. The van der Waals surface area contributed by atoms with E-state index in [0.717, 1.165) is 81.0 Å². The molecule has 2 aliphatic heterocycles. The number of anilines is 1. The van der Waals surface area contributed by atoms with Crippen LogP contribution in [0.3, 0.4) is 0 Å². The van der Waals surface area contributed by atoms with E-state index < -0.39 is 0 Å². The zero-order chi connectivity index (χ0) is 22.5. The van der Waals surface area contributed by atoms with Crippen molar-refractivity contribution in [2.75, 3.05) is 37.7 Å². The number of nitrogens with zero attached hydrogens (tertiary/aromatic N) is 4. The van der Waals surface area contributed by atoms with Crippen molar-refractivity contribution in [3.63, 3.8) is 0 Å². The zero-order valence-electron chi connectivity index (χ0n) is 19.7. The van der Waals surface area contributed by atoms with Gasteiger partial charge in [0.15, 0.2) is 5.82 Å². The molecule has 7 heteroatoms. The van der Waals surface area contributed by atoms with Crippen LogP contribution in [0.15, 0.2) is 22.7 Å². The third kappa shape index (κ3) is 5.43. The number of benzene rings is 1. The predicted molar refractivity (Wildman–Crippen MR) is 124 cm³/mol. The number of carbonyl (C=O) groups excluding carboxylic acids is 1. The molecule has 0 aliphatic carbocycles. The quantitative estimate of drug-likeness (QED) is 0.549. The van der Waals surface area contributed by atoms with Crippen molar-refractivity contribution < 1.29 is 14.1 Å². The van der Waals surface area contributed by atoms with Crippen molar-refractivity contribution >= 4 is 11.9 Å². The molecular weight excluding hydrogens is 404 g/mol. The van der Waals surface area contributed by atoms with Crippen LogP contribution in [0, 0.1) is 12.8 Å². The number of aromatic nitrogens is 2. The highest BCUT2D eigenvalue weighted by molar-refractivity contribution is 5.96. The molecule has 1 aromatic carbocycles. The second-order valence-corrected chi connectivity index (χ2v) is 9.49. The lowest BCUT2D eigenvalue weighted by molar-refractivity contribution is 0.0792. The number of rotatable bonds is 8. The summed E-state index contributed by atoms with van der Waals surface area (Å²) in [5.74, 6) is 2.79. The minimum absolute atomic E-state index is 0.152. The first-order valence-electron chi connectivity index (χ1n) is 12.1. The van der Waals surface area contributed by atoms with Gasteiger partial charge in [0.1, 0.15) is 5.75 Å². The van der Waals surface area contributed by atoms with Crippen LogP contribution in [0.1, 0.15) is 80.0 Å². The van der Waals surface area contributed by atoms with Gasteiger partial charge in [0, 0.05) is 37.7 Å². The summed E-state index contributed by atoms with van der Waals surface area (Å²) in [6.07, 6.45) is 6.72. The molecule has 0 N–H and O–H groups in total. The van der Waals surface area contributed by atoms with Crippen molar-refractivity contribution in [1.29, 1.82) is 0 Å². The van der Waals surface area contributed by atoms with Crippen LogP contribution in [0.25, 0.3) is 0 Å². The molecule has 4 rings (SSSR count). The first kappa shape index (κ1) is 22.6. The van der Waals surface area contributed by atoms with Crippen molar-refractivity contribution in [2.24, 2.45) is 5.92 Å². The topological polar surface area (TPSA) is 71.7 Å². The molecule has 32 heavy (non-hydrogen) atoms. The second-order valence-electron chi connectivity index (χ2n) is 9.49. The standard InChI is InChI=1S/C25H36N4O3/c1-18(2)23-26-25(32-27-23)29-14-10-20(11-15-29)7-6-16-31-21-8-9-22(19(3)17-21)24(30)28-12-4-5-13-28/h8-9,17-18,20H,4-7,10-16H2,1-3H3. The fourth-order valence-electron chi connectivity index (χ4n) is 4.62. The molecule has 7 nitrogen and oxygen atoms in total. The van der Waals surface area contributed by atoms with Crippen LogP contribution in [-0.4, -0.2) is 53.7 Å². The smallest absolute Gasteiger partial charge is 0.324 e. The number of likely N-dealkylation sites (tertiary alicyclic amines) is 1. The van der Waals surface area contributed by atoms with Crippen LogP contribution in [0.5, 0.6) is 5.75 Å². The van der Waals surface area contributed by atoms with Gasteiger partial charge in [-0.1, -0.05) is 19.0 Å². The molecule has 2 aromatic rings. The van der Waals surface area contributed by atoms with E-state index in [9.17, 15) is 4.79 Å². The van der Waals surface area contributed by atoms with Gasteiger partial charge in [-0.05, 0) is 75.1 Å². The van der Waals surface area contributed by atoms with E-state index in [-0.39, 0.29) is 11.8 Å². The van der Waals surface area contributed by atoms with Gasteiger partial charge in [0.2, 0.25) is 0 Å². The predicted octanol–water partition coefficient (Wildman–Crippen LogP) is 4.81. The highest BCUT2D eigenvalue weighted by atomic mass is 16.5. The highest BCUT2D eigenvalue weighted by Crippen LogP contribution is 2.26. The Balaban J connectivity index is 1.17. The van der Waals surface area contributed by atoms with Crippen molar-refractivity contribution in [1.82, 2.24) is 15.0 Å². The zero-order valence-corrected chi connectivity index (χ0v) is 19.7. The molecule has 2 saturated heterocycles. The lowest BCUT2D eigenvalue weighted by atomic mass is 9.92. The molecule has 1 amide bonds. The highest BCUT2D eigenvalue weighted by Gasteiger charge is 2.24. The largest absolute Gasteiger partial charge is 0.494 e. The Morgan fingerprint density at radius 2 is 1.94 bits per heavy atom. The first-order valence-corrected chi connectivity index (χ1v) is 12.1. The maximum Gasteiger partial charge on any atom is 0.324 e. The summed E-state index contributed by atoms with van der Waals surface area (Å²) in [5, 5.41) is 4.08. The Hall–Kier alpha value is -2.57. The molecule has 2 aliphatic rings. The normalized spacial score (nSPS) is 17.4. The van der Waals surface area contributed by atoms with Crippen LogP contribution in [0.2, 0.25) is 0 Å². The van der Waals surface area contributed by atoms with Crippen LogP contribution >= 0.6 is 0 Å². The van der Waals surface area contributed by atoms with E-state index in [1.165, 1.54) is 6.42 Å². The SMILES string of the molecule is Cc1cc(OCCCC2CCN(c3nc(C(C)C)no3)CC2)ccc1C(=O)N1CCCC1. The summed E-state index contributed by atoms with van der Waals surface area (Å²) in [7, 11) is 0. The monoisotopic (exact) mass is 440 g/mol. The summed E-state index contributed by atoms with van der Waals surface area (Å²) in [5.41, 5.74) is 1.79. The van der Waals surface area contributed by atoms with Gasteiger partial charge in [-0.3, -0.25) is 4.79 Å². The maximum absolute atomic E-state index is 12.6. The van der Waals surface area contributed by atoms with E-state index in [0.29, 0.717) is 18.5 Å². The Morgan fingerprint density at radius 3 is 2.59 bits per heavy atom. The van der Waals surface area contributed by atoms with Gasteiger partial charge in [0.05, 0.1) is 6.61 Å². The average molecular weight is 441 g/mol. The van der Waals surface area contributed by atoms with E-state index in [1.54, 1.807) is 0 Å². The number of aryl methyl sites for hydroxylation is 1. The van der Waals surface area contributed by atoms with E-state index in [2.05, 4.69) is 28.9 Å². The Morgan fingerprint density at radius 1 is 1.19 bits per heavy atom. The minimum atomic E-state index is 0.152. The Bertz CT molecular complexity index is 896. The van der Waals surface area contributed by atoms with Crippen molar-refractivity contribution in [3.8, 4) is 5.75 Å². The number of carbonyl (C=O) groups is 1. The van der Waals surface area contributed by atoms with Gasteiger partial charge in [-0.15, -0.1) is 0 Å². The molecular formula is C25H36N4O3. The Labute approximate surface area is 191 Å². The molecule has 0 unspecified atom stereocenters. The van der Waals surface area contributed by atoms with Crippen LogP contribution < -0.4 is 9.64 Å². The summed E-state index contributed by atoms with van der Waals surface area (Å²) >= 11 is 0. The number of hydrogen-bond donors (Lipinski definition) is 0. The maximum atomic E-state index is 12.6. The van der Waals surface area contributed by atoms with Crippen molar-refractivity contribution in [3.05, 3.63) is 35.2 Å². The molecule has 0 bridgehead atoms. The molecule has 2 fully saturated rings. The van der Waals surface area contributed by atoms with E-state index in [4.69, 9.17) is 9.26 Å². The second kappa shape index (κ2) is 10.4. The van der Waals surface area contributed by atoms with Crippen LogP contribution in [-0.2, 0) is 0 Å².